The van der Waals surface area contributed by atoms with Gasteiger partial charge in [-0.3, -0.25) is 0 Å². The summed E-state index contributed by atoms with van der Waals surface area (Å²) in [6.45, 7) is 8.11. The molecule has 1 nitrogen and oxygen atoms in total. The van der Waals surface area contributed by atoms with Crippen LogP contribution in [0.4, 0.5) is 0 Å². The van der Waals surface area contributed by atoms with Crippen molar-refractivity contribution in [2.45, 2.75) is 46.5 Å². The minimum atomic E-state index is 0.284. The van der Waals surface area contributed by atoms with Gasteiger partial charge in [-0.1, -0.05) is 30.7 Å². The summed E-state index contributed by atoms with van der Waals surface area (Å²) in [6.07, 6.45) is 1.65. The van der Waals surface area contributed by atoms with E-state index in [0.29, 0.717) is 12.3 Å². The van der Waals surface area contributed by atoms with E-state index in [1.807, 2.05) is 0 Å². The zero-order valence-corrected chi connectivity index (χ0v) is 10.1. The lowest BCUT2D eigenvalue weighted by Crippen LogP contribution is -2.00. The van der Waals surface area contributed by atoms with Crippen LogP contribution >= 0.6 is 0 Å². The first-order valence-corrected chi connectivity index (χ1v) is 5.57. The zero-order valence-electron chi connectivity index (χ0n) is 10.1. The largest absolute Gasteiger partial charge is 0.300 e. The van der Waals surface area contributed by atoms with Crippen molar-refractivity contribution in [2.24, 2.45) is 0 Å². The summed E-state index contributed by atoms with van der Waals surface area (Å²) in [7, 11) is 0. The van der Waals surface area contributed by atoms with Crippen molar-refractivity contribution in [3.8, 4) is 0 Å². The molecule has 0 N–H and O–H groups in total. The van der Waals surface area contributed by atoms with E-state index < -0.39 is 0 Å². The molecule has 15 heavy (non-hydrogen) atoms. The molecule has 0 fully saturated rings. The smallest absolute Gasteiger partial charge is 0.129 e. The highest BCUT2D eigenvalue weighted by atomic mass is 16.1. The Morgan fingerprint density at radius 3 is 2.53 bits per heavy atom. The molecule has 0 aliphatic rings. The molecule has 1 aromatic rings. The molecule has 0 aliphatic carbocycles. The number of ketones is 1. The fraction of sp³-hybridized carbons (Fsp3) is 0.500. The van der Waals surface area contributed by atoms with Crippen LogP contribution in [0.2, 0.25) is 0 Å². The van der Waals surface area contributed by atoms with E-state index >= 15 is 0 Å². The first-order valence-electron chi connectivity index (χ1n) is 5.57. The predicted molar refractivity (Wildman–Crippen MR) is 64.2 cm³/mol. The van der Waals surface area contributed by atoms with Gasteiger partial charge in [0.25, 0.3) is 0 Å². The summed E-state index contributed by atoms with van der Waals surface area (Å²) in [5.74, 6) is 0.765. The maximum absolute atomic E-state index is 10.9. The molecule has 1 heteroatoms. The van der Waals surface area contributed by atoms with Crippen LogP contribution in [-0.4, -0.2) is 5.78 Å². The Labute approximate surface area is 92.5 Å². The number of carbonyl (C=O) groups is 1. The molecule has 0 aliphatic heterocycles. The Hall–Kier alpha value is -1.11. The molecule has 0 aromatic heterocycles. The Kier molecular flexibility index (Phi) is 4.07. The van der Waals surface area contributed by atoms with Crippen molar-refractivity contribution in [3.05, 3.63) is 34.9 Å². The second kappa shape index (κ2) is 5.11. The second-order valence-corrected chi connectivity index (χ2v) is 4.50. The SMILES string of the molecule is CC(=O)CCC(C)c1ccc(C)cc1C. The fourth-order valence-electron chi connectivity index (χ4n) is 1.95. The van der Waals surface area contributed by atoms with Gasteiger partial charge in [-0.2, -0.15) is 0 Å². The standard InChI is InChI=1S/C14H20O/c1-10-5-8-14(12(3)9-10)11(2)6-7-13(4)15/h5,8-9,11H,6-7H2,1-4H3. The third-order valence-corrected chi connectivity index (χ3v) is 2.89. The Morgan fingerprint density at radius 1 is 1.33 bits per heavy atom. The Balaban J connectivity index is 2.73. The van der Waals surface area contributed by atoms with Gasteiger partial charge in [0.2, 0.25) is 0 Å². The molecular formula is C14H20O. The molecule has 0 bridgehead atoms. The number of rotatable bonds is 4. The molecule has 1 rings (SSSR count). The molecule has 0 spiro atoms. The van der Waals surface area contributed by atoms with Gasteiger partial charge in [0.05, 0.1) is 0 Å². The van der Waals surface area contributed by atoms with Crippen molar-refractivity contribution in [1.82, 2.24) is 0 Å². The maximum Gasteiger partial charge on any atom is 0.129 e. The van der Waals surface area contributed by atoms with E-state index in [1.54, 1.807) is 6.92 Å². The van der Waals surface area contributed by atoms with Crippen LogP contribution in [0, 0.1) is 13.8 Å². The van der Waals surface area contributed by atoms with Crippen molar-refractivity contribution in [1.29, 1.82) is 0 Å². The molecule has 0 saturated heterocycles. The van der Waals surface area contributed by atoms with E-state index in [4.69, 9.17) is 0 Å². The van der Waals surface area contributed by atoms with Crippen LogP contribution in [0.1, 0.15) is 49.3 Å². The normalized spacial score (nSPS) is 12.5. The molecule has 0 saturated carbocycles. The average molecular weight is 204 g/mol. The minimum absolute atomic E-state index is 0.284. The third-order valence-electron chi connectivity index (χ3n) is 2.89. The zero-order chi connectivity index (χ0) is 11.4. The predicted octanol–water partition coefficient (Wildman–Crippen LogP) is 3.78. The molecule has 82 valence electrons. The van der Waals surface area contributed by atoms with Crippen LogP contribution in [0.15, 0.2) is 18.2 Å². The van der Waals surface area contributed by atoms with Gasteiger partial charge in [-0.05, 0) is 44.2 Å². The molecule has 0 heterocycles. The van der Waals surface area contributed by atoms with E-state index in [9.17, 15) is 4.79 Å². The number of carbonyl (C=O) groups excluding carboxylic acids is 1. The van der Waals surface area contributed by atoms with E-state index in [2.05, 4.69) is 39.0 Å². The highest BCUT2D eigenvalue weighted by Crippen LogP contribution is 2.24. The topological polar surface area (TPSA) is 17.1 Å². The highest BCUT2D eigenvalue weighted by molar-refractivity contribution is 5.75. The summed E-state index contributed by atoms with van der Waals surface area (Å²) >= 11 is 0. The Bertz CT molecular complexity index is 352. The number of hydrogen-bond donors (Lipinski definition) is 0. The van der Waals surface area contributed by atoms with Gasteiger partial charge in [-0.15, -0.1) is 0 Å². The van der Waals surface area contributed by atoms with Gasteiger partial charge in [-0.25, -0.2) is 0 Å². The van der Waals surface area contributed by atoms with Crippen LogP contribution in [-0.2, 0) is 4.79 Å². The number of aryl methyl sites for hydroxylation is 2. The van der Waals surface area contributed by atoms with E-state index in [-0.39, 0.29) is 5.78 Å². The van der Waals surface area contributed by atoms with Crippen molar-refractivity contribution < 1.29 is 4.79 Å². The number of Topliss-reactive ketones (excluding diaryl/α,β-unsaturated/α-hetero) is 1. The van der Waals surface area contributed by atoms with Gasteiger partial charge in [0.15, 0.2) is 0 Å². The van der Waals surface area contributed by atoms with Crippen LogP contribution < -0.4 is 0 Å². The third kappa shape index (κ3) is 3.50. The summed E-state index contributed by atoms with van der Waals surface area (Å²) in [5.41, 5.74) is 4.02. The minimum Gasteiger partial charge on any atom is -0.300 e. The average Bonchev–Trinajstić information content (AvgIpc) is 2.14. The molecule has 0 amide bonds. The maximum atomic E-state index is 10.9. The molecule has 1 unspecified atom stereocenters. The van der Waals surface area contributed by atoms with E-state index in [0.717, 1.165) is 6.42 Å². The molecule has 1 atom stereocenters. The molecule has 0 radical (unpaired) electrons. The van der Waals surface area contributed by atoms with Crippen molar-refractivity contribution in [3.63, 3.8) is 0 Å². The lowest BCUT2D eigenvalue weighted by molar-refractivity contribution is -0.117. The summed E-state index contributed by atoms with van der Waals surface area (Å²) in [4.78, 5) is 10.9. The monoisotopic (exact) mass is 204 g/mol. The van der Waals surface area contributed by atoms with Gasteiger partial charge < -0.3 is 4.79 Å². The highest BCUT2D eigenvalue weighted by Gasteiger charge is 2.09. The van der Waals surface area contributed by atoms with Gasteiger partial charge in [0.1, 0.15) is 5.78 Å². The summed E-state index contributed by atoms with van der Waals surface area (Å²) in [6, 6.07) is 6.54. The van der Waals surface area contributed by atoms with Crippen molar-refractivity contribution >= 4 is 5.78 Å². The first-order chi connectivity index (χ1) is 7.00. The van der Waals surface area contributed by atoms with Crippen LogP contribution in [0.5, 0.6) is 0 Å². The van der Waals surface area contributed by atoms with Crippen molar-refractivity contribution in [2.75, 3.05) is 0 Å². The van der Waals surface area contributed by atoms with Crippen LogP contribution in [0.25, 0.3) is 0 Å². The van der Waals surface area contributed by atoms with Crippen LogP contribution in [0.3, 0.4) is 0 Å². The lowest BCUT2D eigenvalue weighted by atomic mass is 9.91. The Morgan fingerprint density at radius 2 is 2.00 bits per heavy atom. The number of benzene rings is 1. The lowest BCUT2D eigenvalue weighted by Gasteiger charge is -2.14. The summed E-state index contributed by atoms with van der Waals surface area (Å²) < 4.78 is 0. The van der Waals surface area contributed by atoms with Gasteiger partial charge >= 0.3 is 0 Å². The molecular weight excluding hydrogens is 184 g/mol. The first kappa shape index (κ1) is 12.0. The number of hydrogen-bond acceptors (Lipinski definition) is 1. The van der Waals surface area contributed by atoms with Gasteiger partial charge in [0, 0.05) is 6.42 Å². The fourth-order valence-corrected chi connectivity index (χ4v) is 1.95. The second-order valence-electron chi connectivity index (χ2n) is 4.50. The molecule has 1 aromatic carbocycles. The van der Waals surface area contributed by atoms with E-state index in [1.165, 1.54) is 16.7 Å². The summed E-state index contributed by atoms with van der Waals surface area (Å²) in [5, 5.41) is 0. The quantitative estimate of drug-likeness (QED) is 0.729.